The van der Waals surface area contributed by atoms with Gasteiger partial charge in [0.15, 0.2) is 5.78 Å². The second-order valence-electron chi connectivity index (χ2n) is 5.55. The van der Waals surface area contributed by atoms with Gasteiger partial charge in [0.2, 0.25) is 5.78 Å². The molecule has 3 aromatic rings. The number of hydrogen-bond acceptors (Lipinski definition) is 4. The molecule has 3 rings (SSSR count). The second-order valence-corrected chi connectivity index (χ2v) is 5.55. The van der Waals surface area contributed by atoms with Crippen LogP contribution in [-0.2, 0) is 0 Å². The SMILES string of the molecule is Cc1ccc(C(=O)C=C(N)C(=O)c2ccc3ccccc3n2)cc1. The van der Waals surface area contributed by atoms with Gasteiger partial charge in [-0.2, -0.15) is 0 Å². The van der Waals surface area contributed by atoms with Gasteiger partial charge in [-0.05, 0) is 19.1 Å². The number of nitrogens with two attached hydrogens (primary N) is 1. The van der Waals surface area contributed by atoms with Crippen LogP contribution in [0.2, 0.25) is 0 Å². The van der Waals surface area contributed by atoms with E-state index in [-0.39, 0.29) is 17.2 Å². The highest BCUT2D eigenvalue weighted by atomic mass is 16.1. The Hall–Kier alpha value is -3.27. The number of carbonyl (C=O) groups is 2. The van der Waals surface area contributed by atoms with Gasteiger partial charge in [-0.25, -0.2) is 4.98 Å². The van der Waals surface area contributed by atoms with Gasteiger partial charge < -0.3 is 5.73 Å². The van der Waals surface area contributed by atoms with E-state index in [0.29, 0.717) is 11.1 Å². The van der Waals surface area contributed by atoms with Crippen molar-refractivity contribution in [3.63, 3.8) is 0 Å². The first kappa shape index (κ1) is 15.6. The molecule has 0 saturated heterocycles. The van der Waals surface area contributed by atoms with Crippen molar-refractivity contribution in [1.82, 2.24) is 4.98 Å². The molecule has 4 nitrogen and oxygen atoms in total. The van der Waals surface area contributed by atoms with Crippen LogP contribution in [-0.4, -0.2) is 16.6 Å². The van der Waals surface area contributed by atoms with E-state index in [9.17, 15) is 9.59 Å². The van der Waals surface area contributed by atoms with Crippen LogP contribution in [0.3, 0.4) is 0 Å². The van der Waals surface area contributed by atoms with Crippen molar-refractivity contribution in [1.29, 1.82) is 0 Å². The first-order chi connectivity index (χ1) is 11.5. The van der Waals surface area contributed by atoms with Crippen LogP contribution < -0.4 is 5.73 Å². The van der Waals surface area contributed by atoms with Gasteiger partial charge in [-0.3, -0.25) is 9.59 Å². The summed E-state index contributed by atoms with van der Waals surface area (Å²) in [7, 11) is 0. The number of rotatable bonds is 4. The Kier molecular flexibility index (Phi) is 4.20. The highest BCUT2D eigenvalue weighted by molar-refractivity contribution is 6.14. The number of para-hydroxylation sites is 1. The zero-order chi connectivity index (χ0) is 17.1. The average molecular weight is 316 g/mol. The van der Waals surface area contributed by atoms with Gasteiger partial charge in [0.25, 0.3) is 0 Å². The van der Waals surface area contributed by atoms with Gasteiger partial charge >= 0.3 is 0 Å². The third-order valence-electron chi connectivity index (χ3n) is 3.72. The molecule has 0 aliphatic heterocycles. The van der Waals surface area contributed by atoms with Crippen LogP contribution >= 0.6 is 0 Å². The average Bonchev–Trinajstić information content (AvgIpc) is 2.61. The zero-order valence-corrected chi connectivity index (χ0v) is 13.2. The highest BCUT2D eigenvalue weighted by Crippen LogP contribution is 2.14. The Morgan fingerprint density at radius 3 is 2.42 bits per heavy atom. The van der Waals surface area contributed by atoms with E-state index in [1.807, 2.05) is 49.4 Å². The van der Waals surface area contributed by atoms with Crippen molar-refractivity contribution >= 4 is 22.5 Å². The van der Waals surface area contributed by atoms with E-state index in [1.165, 1.54) is 0 Å². The van der Waals surface area contributed by atoms with E-state index in [1.54, 1.807) is 18.2 Å². The predicted molar refractivity (Wildman–Crippen MR) is 93.9 cm³/mol. The molecule has 0 bridgehead atoms. The molecule has 1 heterocycles. The number of Topliss-reactive ketones (excluding diaryl/α,β-unsaturated/α-hetero) is 1. The molecule has 4 heteroatoms. The normalized spacial score (nSPS) is 11.5. The summed E-state index contributed by atoms with van der Waals surface area (Å²) in [5.41, 5.74) is 8.17. The van der Waals surface area contributed by atoms with Crippen LogP contribution in [0.5, 0.6) is 0 Å². The fourth-order valence-corrected chi connectivity index (χ4v) is 2.35. The van der Waals surface area contributed by atoms with Crippen molar-refractivity contribution in [2.24, 2.45) is 5.73 Å². The van der Waals surface area contributed by atoms with E-state index in [2.05, 4.69) is 4.98 Å². The topological polar surface area (TPSA) is 73.1 Å². The molecule has 0 radical (unpaired) electrons. The summed E-state index contributed by atoms with van der Waals surface area (Å²) in [5, 5.41) is 0.937. The molecule has 0 amide bonds. The Morgan fingerprint density at radius 2 is 1.67 bits per heavy atom. The largest absolute Gasteiger partial charge is 0.395 e. The smallest absolute Gasteiger partial charge is 0.227 e. The van der Waals surface area contributed by atoms with Crippen molar-refractivity contribution in [2.45, 2.75) is 6.92 Å². The quantitative estimate of drug-likeness (QED) is 0.591. The lowest BCUT2D eigenvalue weighted by Crippen LogP contribution is -2.15. The Labute approximate surface area is 139 Å². The van der Waals surface area contributed by atoms with Crippen LogP contribution in [0.25, 0.3) is 10.9 Å². The number of ketones is 2. The number of pyridine rings is 1. The Morgan fingerprint density at radius 1 is 0.958 bits per heavy atom. The zero-order valence-electron chi connectivity index (χ0n) is 13.2. The monoisotopic (exact) mass is 316 g/mol. The third kappa shape index (κ3) is 3.22. The molecule has 0 atom stereocenters. The first-order valence-corrected chi connectivity index (χ1v) is 7.53. The van der Waals surface area contributed by atoms with Gasteiger partial charge in [-0.15, -0.1) is 0 Å². The number of aromatic nitrogens is 1. The summed E-state index contributed by atoms with van der Waals surface area (Å²) in [4.78, 5) is 28.9. The molecule has 0 aliphatic carbocycles. The van der Waals surface area contributed by atoms with Crippen molar-refractivity contribution in [2.75, 3.05) is 0 Å². The minimum Gasteiger partial charge on any atom is -0.395 e. The minimum atomic E-state index is -0.457. The van der Waals surface area contributed by atoms with Gasteiger partial charge in [0, 0.05) is 17.0 Å². The fourth-order valence-electron chi connectivity index (χ4n) is 2.35. The number of carbonyl (C=O) groups excluding carboxylic acids is 2. The number of hydrogen-bond donors (Lipinski definition) is 1. The van der Waals surface area contributed by atoms with Crippen LogP contribution in [0.4, 0.5) is 0 Å². The van der Waals surface area contributed by atoms with Crippen molar-refractivity contribution in [3.8, 4) is 0 Å². The minimum absolute atomic E-state index is 0.122. The molecular weight excluding hydrogens is 300 g/mol. The molecule has 0 fully saturated rings. The number of fused-ring (bicyclic) bond motifs is 1. The van der Waals surface area contributed by atoms with E-state index >= 15 is 0 Å². The summed E-state index contributed by atoms with van der Waals surface area (Å²) in [6.45, 7) is 1.94. The summed E-state index contributed by atoms with van der Waals surface area (Å²) >= 11 is 0. The maximum Gasteiger partial charge on any atom is 0.227 e. The van der Waals surface area contributed by atoms with Crippen LogP contribution in [0, 0.1) is 6.92 Å². The third-order valence-corrected chi connectivity index (χ3v) is 3.72. The van der Waals surface area contributed by atoms with E-state index in [0.717, 1.165) is 17.0 Å². The van der Waals surface area contributed by atoms with Crippen molar-refractivity contribution in [3.05, 3.63) is 89.3 Å². The fraction of sp³-hybridized carbons (Fsp3) is 0.0500. The Bertz CT molecular complexity index is 957. The van der Waals surface area contributed by atoms with E-state index in [4.69, 9.17) is 5.73 Å². The molecule has 2 aromatic carbocycles. The number of benzene rings is 2. The number of nitrogens with zero attached hydrogens (tertiary/aromatic N) is 1. The Balaban J connectivity index is 1.87. The summed E-state index contributed by atoms with van der Waals surface area (Å²) < 4.78 is 0. The molecule has 2 N–H and O–H groups in total. The number of allylic oxidation sites excluding steroid dienone is 2. The molecule has 24 heavy (non-hydrogen) atoms. The molecule has 0 spiro atoms. The molecular formula is C20H16N2O2. The molecule has 0 aliphatic rings. The van der Waals surface area contributed by atoms with Gasteiger partial charge in [-0.1, -0.05) is 54.1 Å². The standard InChI is InChI=1S/C20H16N2O2/c1-13-6-8-15(9-7-13)19(23)12-16(21)20(24)18-11-10-14-4-2-3-5-17(14)22-18/h2-12H,21H2,1H3. The maximum atomic E-state index is 12.4. The molecule has 0 unspecified atom stereocenters. The predicted octanol–water partition coefficient (Wildman–Crippen LogP) is 3.45. The van der Waals surface area contributed by atoms with Crippen LogP contribution in [0.1, 0.15) is 26.4 Å². The number of aryl methyl sites for hydroxylation is 1. The maximum absolute atomic E-state index is 12.4. The lowest BCUT2D eigenvalue weighted by molar-refractivity contribution is 0.100. The van der Waals surface area contributed by atoms with Crippen LogP contribution in [0.15, 0.2) is 72.4 Å². The molecule has 118 valence electrons. The lowest BCUT2D eigenvalue weighted by atomic mass is 10.1. The van der Waals surface area contributed by atoms with E-state index < -0.39 is 5.78 Å². The summed E-state index contributed by atoms with van der Waals surface area (Å²) in [5.74, 6) is -0.761. The van der Waals surface area contributed by atoms with Gasteiger partial charge in [0.1, 0.15) is 5.69 Å². The van der Waals surface area contributed by atoms with Gasteiger partial charge in [0.05, 0.1) is 11.2 Å². The van der Waals surface area contributed by atoms with Crippen molar-refractivity contribution < 1.29 is 9.59 Å². The summed E-state index contributed by atoms with van der Waals surface area (Å²) in [6, 6.07) is 18.0. The highest BCUT2D eigenvalue weighted by Gasteiger charge is 2.13. The molecule has 0 saturated carbocycles. The lowest BCUT2D eigenvalue weighted by Gasteiger charge is -2.03. The second kappa shape index (κ2) is 6.46. The molecule has 1 aromatic heterocycles. The summed E-state index contributed by atoms with van der Waals surface area (Å²) in [6.07, 6.45) is 1.16. The first-order valence-electron chi connectivity index (χ1n) is 7.53.